The van der Waals surface area contributed by atoms with Gasteiger partial charge in [0, 0.05) is 24.2 Å². The predicted molar refractivity (Wildman–Crippen MR) is 80.5 cm³/mol. The van der Waals surface area contributed by atoms with E-state index in [2.05, 4.69) is 50.8 Å². The average molecular weight is 266 g/mol. The van der Waals surface area contributed by atoms with Crippen molar-refractivity contribution in [2.24, 2.45) is 11.8 Å². The van der Waals surface area contributed by atoms with Gasteiger partial charge in [-0.2, -0.15) is 0 Å². The quantitative estimate of drug-likeness (QED) is 0.706. The fraction of sp³-hybridized carbons (Fsp3) is 0.625. The number of aryl methyl sites for hydroxylation is 1. The highest BCUT2D eigenvalue weighted by Crippen LogP contribution is 2.32. The van der Waals surface area contributed by atoms with Crippen LogP contribution in [-0.2, 0) is 5.88 Å². The lowest BCUT2D eigenvalue weighted by Gasteiger charge is -2.43. The highest BCUT2D eigenvalue weighted by Gasteiger charge is 2.28. The summed E-state index contributed by atoms with van der Waals surface area (Å²) in [4.78, 5) is 2.56. The van der Waals surface area contributed by atoms with E-state index in [4.69, 9.17) is 11.6 Å². The Labute approximate surface area is 116 Å². The molecule has 0 aromatic heterocycles. The molecule has 3 atom stereocenters. The Morgan fingerprint density at radius 2 is 2.00 bits per heavy atom. The Balaban J connectivity index is 2.27. The maximum atomic E-state index is 5.93. The van der Waals surface area contributed by atoms with Crippen molar-refractivity contribution >= 4 is 17.3 Å². The Kier molecular flexibility index (Phi) is 4.21. The van der Waals surface area contributed by atoms with Gasteiger partial charge in [0.05, 0.1) is 0 Å². The van der Waals surface area contributed by atoms with Crippen LogP contribution in [0.4, 0.5) is 5.69 Å². The summed E-state index contributed by atoms with van der Waals surface area (Å²) < 4.78 is 0. The van der Waals surface area contributed by atoms with Crippen LogP contribution < -0.4 is 4.90 Å². The number of alkyl halides is 1. The molecule has 1 aromatic rings. The normalized spacial score (nSPS) is 28.5. The maximum absolute atomic E-state index is 5.93. The molecule has 2 rings (SSSR count). The van der Waals surface area contributed by atoms with Crippen LogP contribution in [0, 0.1) is 18.8 Å². The molecule has 2 heteroatoms. The molecule has 0 aliphatic carbocycles. The summed E-state index contributed by atoms with van der Waals surface area (Å²) in [6.45, 7) is 10.4. The standard InChI is InChI=1S/C16H24ClN/c1-11-7-12(2)14(4)18(10-11)16-6-5-15(9-17)13(3)8-16/h5-6,8,11-12,14H,7,9-10H2,1-4H3. The summed E-state index contributed by atoms with van der Waals surface area (Å²) in [5.74, 6) is 2.15. The second kappa shape index (κ2) is 5.52. The number of anilines is 1. The van der Waals surface area contributed by atoms with Gasteiger partial charge in [0.25, 0.3) is 0 Å². The lowest BCUT2D eigenvalue weighted by atomic mass is 9.85. The first-order valence-corrected chi connectivity index (χ1v) is 7.48. The zero-order chi connectivity index (χ0) is 13.3. The van der Waals surface area contributed by atoms with Crippen molar-refractivity contribution in [1.29, 1.82) is 0 Å². The third kappa shape index (κ3) is 2.66. The van der Waals surface area contributed by atoms with Gasteiger partial charge in [-0.3, -0.25) is 0 Å². The number of hydrogen-bond acceptors (Lipinski definition) is 1. The van der Waals surface area contributed by atoms with Gasteiger partial charge in [-0.05, 0) is 55.4 Å². The van der Waals surface area contributed by atoms with Crippen LogP contribution in [0.25, 0.3) is 0 Å². The highest BCUT2D eigenvalue weighted by atomic mass is 35.5. The van der Waals surface area contributed by atoms with Gasteiger partial charge in [-0.25, -0.2) is 0 Å². The molecule has 1 aliphatic rings. The molecule has 1 saturated heterocycles. The maximum Gasteiger partial charge on any atom is 0.0476 e. The van der Waals surface area contributed by atoms with E-state index >= 15 is 0 Å². The van der Waals surface area contributed by atoms with E-state index in [1.54, 1.807) is 0 Å². The molecule has 3 unspecified atom stereocenters. The molecule has 1 heterocycles. The Hall–Kier alpha value is -0.690. The molecule has 1 nitrogen and oxygen atoms in total. The predicted octanol–water partition coefficient (Wildman–Crippen LogP) is 4.60. The van der Waals surface area contributed by atoms with Gasteiger partial charge in [-0.1, -0.05) is 19.9 Å². The van der Waals surface area contributed by atoms with Crippen LogP contribution in [0.2, 0.25) is 0 Å². The molecule has 0 spiro atoms. The third-order valence-corrected chi connectivity index (χ3v) is 4.69. The van der Waals surface area contributed by atoms with Crippen molar-refractivity contribution in [1.82, 2.24) is 0 Å². The van der Waals surface area contributed by atoms with Gasteiger partial charge in [0.2, 0.25) is 0 Å². The molecule has 1 fully saturated rings. The third-order valence-electron chi connectivity index (χ3n) is 4.40. The van der Waals surface area contributed by atoms with Crippen molar-refractivity contribution in [3.63, 3.8) is 0 Å². The first kappa shape index (κ1) is 13.7. The zero-order valence-electron chi connectivity index (χ0n) is 11.9. The fourth-order valence-electron chi connectivity index (χ4n) is 3.06. The monoisotopic (exact) mass is 265 g/mol. The summed E-state index contributed by atoms with van der Waals surface area (Å²) >= 11 is 5.93. The van der Waals surface area contributed by atoms with Crippen molar-refractivity contribution in [3.8, 4) is 0 Å². The van der Waals surface area contributed by atoms with Crippen LogP contribution in [0.5, 0.6) is 0 Å². The number of piperidine rings is 1. The van der Waals surface area contributed by atoms with Crippen LogP contribution in [-0.4, -0.2) is 12.6 Å². The van der Waals surface area contributed by atoms with Gasteiger partial charge in [0.1, 0.15) is 0 Å². The van der Waals surface area contributed by atoms with Gasteiger partial charge in [0.15, 0.2) is 0 Å². The molecular formula is C16H24ClN. The van der Waals surface area contributed by atoms with E-state index in [0.29, 0.717) is 11.9 Å². The van der Waals surface area contributed by atoms with Crippen LogP contribution in [0.15, 0.2) is 18.2 Å². The Morgan fingerprint density at radius 3 is 2.61 bits per heavy atom. The smallest absolute Gasteiger partial charge is 0.0476 e. The topological polar surface area (TPSA) is 3.24 Å². The summed E-state index contributed by atoms with van der Waals surface area (Å²) in [7, 11) is 0. The number of rotatable bonds is 2. The minimum Gasteiger partial charge on any atom is -0.368 e. The zero-order valence-corrected chi connectivity index (χ0v) is 12.7. The number of benzene rings is 1. The summed E-state index contributed by atoms with van der Waals surface area (Å²) in [5, 5.41) is 0. The first-order valence-electron chi connectivity index (χ1n) is 6.95. The van der Waals surface area contributed by atoms with Crippen LogP contribution in [0.1, 0.15) is 38.3 Å². The molecule has 0 amide bonds. The SMILES string of the molecule is Cc1cc(N2CC(C)CC(C)C2C)ccc1CCl. The summed E-state index contributed by atoms with van der Waals surface area (Å²) in [5.41, 5.74) is 3.90. The number of halogens is 1. The minimum atomic E-state index is 0.606. The first-order chi connectivity index (χ1) is 8.52. The van der Waals surface area contributed by atoms with Crippen LogP contribution in [0.3, 0.4) is 0 Å². The number of nitrogens with zero attached hydrogens (tertiary/aromatic N) is 1. The second-order valence-corrected chi connectivity index (χ2v) is 6.22. The van der Waals surface area contributed by atoms with Crippen molar-refractivity contribution in [2.75, 3.05) is 11.4 Å². The molecule has 1 aromatic carbocycles. The minimum absolute atomic E-state index is 0.606. The summed E-state index contributed by atoms with van der Waals surface area (Å²) in [6.07, 6.45) is 1.34. The van der Waals surface area contributed by atoms with Crippen molar-refractivity contribution in [2.45, 2.75) is 46.0 Å². The lowest BCUT2D eigenvalue weighted by molar-refractivity contribution is 0.297. The van der Waals surface area contributed by atoms with Gasteiger partial charge in [-0.15, -0.1) is 11.6 Å². The molecule has 0 bridgehead atoms. The lowest BCUT2D eigenvalue weighted by Crippen LogP contribution is -2.45. The van der Waals surface area contributed by atoms with E-state index in [1.165, 1.54) is 29.8 Å². The number of hydrogen-bond donors (Lipinski definition) is 0. The Morgan fingerprint density at radius 1 is 1.28 bits per heavy atom. The Bertz CT molecular complexity index is 416. The summed E-state index contributed by atoms with van der Waals surface area (Å²) in [6, 6.07) is 7.32. The average Bonchev–Trinajstić information content (AvgIpc) is 2.33. The molecule has 0 radical (unpaired) electrons. The fourth-order valence-corrected chi connectivity index (χ4v) is 3.36. The van der Waals surface area contributed by atoms with Crippen molar-refractivity contribution < 1.29 is 0 Å². The molecular weight excluding hydrogens is 242 g/mol. The van der Waals surface area contributed by atoms with Gasteiger partial charge < -0.3 is 4.90 Å². The van der Waals surface area contributed by atoms with Crippen LogP contribution >= 0.6 is 11.6 Å². The van der Waals surface area contributed by atoms with E-state index in [-0.39, 0.29) is 0 Å². The van der Waals surface area contributed by atoms with Crippen molar-refractivity contribution in [3.05, 3.63) is 29.3 Å². The molecule has 0 N–H and O–H groups in total. The largest absolute Gasteiger partial charge is 0.368 e. The van der Waals surface area contributed by atoms with E-state index < -0.39 is 0 Å². The molecule has 0 saturated carbocycles. The molecule has 100 valence electrons. The van der Waals surface area contributed by atoms with E-state index in [9.17, 15) is 0 Å². The molecule has 18 heavy (non-hydrogen) atoms. The second-order valence-electron chi connectivity index (χ2n) is 5.96. The van der Waals surface area contributed by atoms with Gasteiger partial charge >= 0.3 is 0 Å². The van der Waals surface area contributed by atoms with E-state index in [0.717, 1.165) is 11.8 Å². The molecule has 1 aliphatic heterocycles. The highest BCUT2D eigenvalue weighted by molar-refractivity contribution is 6.17. The van der Waals surface area contributed by atoms with E-state index in [1.807, 2.05) is 0 Å².